The molecule has 3 heterocycles. The van der Waals surface area contributed by atoms with E-state index < -0.39 is 0 Å². The highest BCUT2D eigenvalue weighted by molar-refractivity contribution is 5.80. The molecule has 2 aliphatic rings. The van der Waals surface area contributed by atoms with Gasteiger partial charge in [0, 0.05) is 44.9 Å². The van der Waals surface area contributed by atoms with Gasteiger partial charge in [0.25, 0.3) is 0 Å². The number of para-hydroxylation sites is 1. The Bertz CT molecular complexity index is 840. The molecule has 1 aromatic heterocycles. The molecule has 1 amide bonds. The fourth-order valence-corrected chi connectivity index (χ4v) is 4.13. The summed E-state index contributed by atoms with van der Waals surface area (Å²) in [6, 6.07) is 10.2. The SMILES string of the molecule is COCC(=O)N1[C@H]2CC[C@H]1c1c(nc(N(C)C)nc1Nc1ccccc1)C2. The number of methoxy groups -OCH3 is 1. The molecule has 1 saturated heterocycles. The molecular formula is C20H25N5O2. The average Bonchev–Trinajstić information content (AvgIpc) is 2.96. The Kier molecular flexibility index (Phi) is 4.70. The second-order valence-electron chi connectivity index (χ2n) is 7.30. The number of fused-ring (bicyclic) bond motifs is 4. The fourth-order valence-electron chi connectivity index (χ4n) is 4.13. The Morgan fingerprint density at radius 1 is 1.26 bits per heavy atom. The molecule has 7 nitrogen and oxygen atoms in total. The number of carbonyl (C=O) groups is 1. The molecule has 1 aromatic carbocycles. The van der Waals surface area contributed by atoms with Crippen LogP contribution < -0.4 is 10.2 Å². The van der Waals surface area contributed by atoms with Crippen molar-refractivity contribution in [3.63, 3.8) is 0 Å². The van der Waals surface area contributed by atoms with Gasteiger partial charge in [-0.3, -0.25) is 4.79 Å². The smallest absolute Gasteiger partial charge is 0.249 e. The monoisotopic (exact) mass is 367 g/mol. The lowest BCUT2D eigenvalue weighted by Crippen LogP contribution is -2.44. The molecule has 2 aromatic rings. The predicted molar refractivity (Wildman–Crippen MR) is 104 cm³/mol. The third kappa shape index (κ3) is 3.23. The second-order valence-corrected chi connectivity index (χ2v) is 7.30. The molecular weight excluding hydrogens is 342 g/mol. The summed E-state index contributed by atoms with van der Waals surface area (Å²) in [6.07, 6.45) is 2.67. The number of nitrogens with one attached hydrogen (secondary N) is 1. The zero-order valence-corrected chi connectivity index (χ0v) is 16.0. The van der Waals surface area contributed by atoms with Crippen LogP contribution in [0.4, 0.5) is 17.5 Å². The van der Waals surface area contributed by atoms with E-state index in [1.807, 2.05) is 54.2 Å². The van der Waals surface area contributed by atoms with Gasteiger partial charge in [0.15, 0.2) is 0 Å². The third-order valence-corrected chi connectivity index (χ3v) is 5.27. The van der Waals surface area contributed by atoms with E-state index in [1.165, 1.54) is 0 Å². The van der Waals surface area contributed by atoms with Gasteiger partial charge >= 0.3 is 0 Å². The Hall–Kier alpha value is -2.67. The minimum Gasteiger partial charge on any atom is -0.375 e. The number of nitrogens with zero attached hydrogens (tertiary/aromatic N) is 4. The number of rotatable bonds is 5. The summed E-state index contributed by atoms with van der Waals surface area (Å²) >= 11 is 0. The summed E-state index contributed by atoms with van der Waals surface area (Å²) in [4.78, 5) is 26.1. The minimum absolute atomic E-state index is 0.00354. The van der Waals surface area contributed by atoms with Crippen molar-refractivity contribution in [1.29, 1.82) is 0 Å². The van der Waals surface area contributed by atoms with E-state index in [1.54, 1.807) is 7.11 Å². The largest absolute Gasteiger partial charge is 0.375 e. The van der Waals surface area contributed by atoms with Crippen LogP contribution in [-0.2, 0) is 16.0 Å². The van der Waals surface area contributed by atoms with E-state index in [0.29, 0.717) is 5.95 Å². The summed E-state index contributed by atoms with van der Waals surface area (Å²) in [5, 5.41) is 3.45. The lowest BCUT2D eigenvalue weighted by Gasteiger charge is -2.37. The van der Waals surface area contributed by atoms with Crippen LogP contribution in [0.3, 0.4) is 0 Å². The van der Waals surface area contributed by atoms with Crippen LogP contribution in [0.2, 0.25) is 0 Å². The molecule has 4 rings (SSSR count). The highest BCUT2D eigenvalue weighted by Gasteiger charge is 2.44. The van der Waals surface area contributed by atoms with Crippen molar-refractivity contribution in [2.75, 3.05) is 38.0 Å². The zero-order chi connectivity index (χ0) is 19.0. The molecule has 1 N–H and O–H groups in total. The normalized spacial score (nSPS) is 20.3. The Morgan fingerprint density at radius 2 is 2.04 bits per heavy atom. The first kappa shape index (κ1) is 17.7. The summed E-state index contributed by atoms with van der Waals surface area (Å²) in [7, 11) is 5.45. The van der Waals surface area contributed by atoms with Gasteiger partial charge in [0.2, 0.25) is 11.9 Å². The Balaban J connectivity index is 1.78. The minimum atomic E-state index is 0.00354. The van der Waals surface area contributed by atoms with Gasteiger partial charge in [-0.2, -0.15) is 4.98 Å². The molecule has 2 aliphatic heterocycles. The van der Waals surface area contributed by atoms with E-state index >= 15 is 0 Å². The molecule has 0 unspecified atom stereocenters. The maximum atomic E-state index is 12.6. The van der Waals surface area contributed by atoms with Crippen LogP contribution in [0, 0.1) is 0 Å². The van der Waals surface area contributed by atoms with Crippen molar-refractivity contribution in [1.82, 2.24) is 14.9 Å². The van der Waals surface area contributed by atoms with Gasteiger partial charge in [-0.15, -0.1) is 0 Å². The maximum absolute atomic E-state index is 12.6. The molecule has 0 aliphatic carbocycles. The van der Waals surface area contributed by atoms with Crippen molar-refractivity contribution < 1.29 is 9.53 Å². The Labute approximate surface area is 159 Å². The summed E-state index contributed by atoms with van der Waals surface area (Å²) in [6.45, 7) is 0.112. The highest BCUT2D eigenvalue weighted by Crippen LogP contribution is 2.46. The number of aromatic nitrogens is 2. The van der Waals surface area contributed by atoms with E-state index in [0.717, 1.165) is 42.0 Å². The van der Waals surface area contributed by atoms with Crippen molar-refractivity contribution in [3.8, 4) is 0 Å². The van der Waals surface area contributed by atoms with Gasteiger partial charge < -0.3 is 19.9 Å². The number of hydrogen-bond donors (Lipinski definition) is 1. The molecule has 27 heavy (non-hydrogen) atoms. The van der Waals surface area contributed by atoms with E-state index in [-0.39, 0.29) is 24.6 Å². The first-order valence-corrected chi connectivity index (χ1v) is 9.28. The van der Waals surface area contributed by atoms with E-state index in [4.69, 9.17) is 14.7 Å². The van der Waals surface area contributed by atoms with Gasteiger partial charge in [0.1, 0.15) is 12.4 Å². The molecule has 2 bridgehead atoms. The van der Waals surface area contributed by atoms with E-state index in [2.05, 4.69) is 5.32 Å². The third-order valence-electron chi connectivity index (χ3n) is 5.27. The molecule has 2 atom stereocenters. The van der Waals surface area contributed by atoms with Crippen LogP contribution in [0.15, 0.2) is 30.3 Å². The van der Waals surface area contributed by atoms with Crippen molar-refractivity contribution >= 4 is 23.4 Å². The predicted octanol–water partition coefficient (Wildman–Crippen LogP) is 2.52. The van der Waals surface area contributed by atoms with Crippen molar-refractivity contribution in [2.45, 2.75) is 31.3 Å². The quantitative estimate of drug-likeness (QED) is 0.876. The number of carbonyl (C=O) groups excluding carboxylic acids is 1. The van der Waals surface area contributed by atoms with Crippen LogP contribution >= 0.6 is 0 Å². The molecule has 0 saturated carbocycles. The summed E-state index contributed by atoms with van der Waals surface area (Å²) in [5.74, 6) is 1.51. The van der Waals surface area contributed by atoms with Gasteiger partial charge in [-0.25, -0.2) is 4.98 Å². The van der Waals surface area contributed by atoms with Crippen LogP contribution in [-0.4, -0.2) is 54.6 Å². The fraction of sp³-hybridized carbons (Fsp3) is 0.450. The van der Waals surface area contributed by atoms with Crippen LogP contribution in [0.1, 0.15) is 30.1 Å². The highest BCUT2D eigenvalue weighted by atomic mass is 16.5. The first-order chi connectivity index (χ1) is 13.1. The average molecular weight is 367 g/mol. The van der Waals surface area contributed by atoms with Gasteiger partial charge in [0.05, 0.1) is 11.7 Å². The second kappa shape index (κ2) is 7.15. The number of amides is 1. The zero-order valence-electron chi connectivity index (χ0n) is 16.0. The van der Waals surface area contributed by atoms with Crippen molar-refractivity contribution in [3.05, 3.63) is 41.6 Å². The van der Waals surface area contributed by atoms with Crippen LogP contribution in [0.5, 0.6) is 0 Å². The molecule has 7 heteroatoms. The molecule has 142 valence electrons. The maximum Gasteiger partial charge on any atom is 0.249 e. The van der Waals surface area contributed by atoms with E-state index in [9.17, 15) is 4.79 Å². The molecule has 0 radical (unpaired) electrons. The number of hydrogen-bond acceptors (Lipinski definition) is 6. The molecule has 0 spiro atoms. The topological polar surface area (TPSA) is 70.6 Å². The standard InChI is InChI=1S/C20H25N5O2/c1-24(2)20-22-15-11-14-9-10-16(25(14)17(26)12-27-3)18(15)19(23-20)21-13-7-5-4-6-8-13/h4-8,14,16H,9-12H2,1-3H3,(H,21,22,23)/t14-,16-/m0/s1. The van der Waals surface area contributed by atoms with Crippen LogP contribution in [0.25, 0.3) is 0 Å². The Morgan fingerprint density at radius 3 is 2.74 bits per heavy atom. The molecule has 1 fully saturated rings. The summed E-state index contributed by atoms with van der Waals surface area (Å²) < 4.78 is 5.10. The van der Waals surface area contributed by atoms with Gasteiger partial charge in [-0.05, 0) is 25.0 Å². The number of benzene rings is 1. The first-order valence-electron chi connectivity index (χ1n) is 9.28. The number of ether oxygens (including phenoxy) is 1. The lowest BCUT2D eigenvalue weighted by atomic mass is 9.97. The van der Waals surface area contributed by atoms with Gasteiger partial charge in [-0.1, -0.05) is 18.2 Å². The van der Waals surface area contributed by atoms with Crippen molar-refractivity contribution in [2.24, 2.45) is 0 Å². The number of anilines is 3. The lowest BCUT2D eigenvalue weighted by molar-refractivity contribution is -0.138. The summed E-state index contributed by atoms with van der Waals surface area (Å²) in [5.41, 5.74) is 3.06.